The Balaban J connectivity index is 1.80. The fourth-order valence-corrected chi connectivity index (χ4v) is 3.96. The van der Waals surface area contributed by atoms with E-state index in [4.69, 9.17) is 17.3 Å². The molecule has 0 bridgehead atoms. The van der Waals surface area contributed by atoms with Gasteiger partial charge in [-0.25, -0.2) is 19.7 Å². The van der Waals surface area contributed by atoms with Crippen LogP contribution in [0.3, 0.4) is 0 Å². The summed E-state index contributed by atoms with van der Waals surface area (Å²) in [5.74, 6) is 0.246. The third-order valence-corrected chi connectivity index (χ3v) is 5.73. The quantitative estimate of drug-likeness (QED) is 0.275. The second-order valence-electron chi connectivity index (χ2n) is 8.18. The molecule has 5 N–H and O–H groups in total. The van der Waals surface area contributed by atoms with Crippen molar-refractivity contribution in [2.45, 2.75) is 19.1 Å². The molecule has 4 aromatic rings. The highest BCUT2D eigenvalue weighted by atomic mass is 35.5. The Hall–Kier alpha value is -4.90. The molecule has 0 spiro atoms. The molecular formula is C24H19ClF3N9O2. The van der Waals surface area contributed by atoms with Gasteiger partial charge in [0.15, 0.2) is 0 Å². The van der Waals surface area contributed by atoms with Gasteiger partial charge in [-0.15, -0.1) is 0 Å². The lowest BCUT2D eigenvalue weighted by molar-refractivity contribution is -0.122. The first-order valence-corrected chi connectivity index (χ1v) is 11.6. The number of alkyl halides is 3. The van der Waals surface area contributed by atoms with Crippen molar-refractivity contribution in [3.8, 4) is 11.8 Å². The lowest BCUT2D eigenvalue weighted by Gasteiger charge is -2.21. The zero-order valence-electron chi connectivity index (χ0n) is 20.0. The van der Waals surface area contributed by atoms with Crippen molar-refractivity contribution in [1.82, 2.24) is 24.8 Å². The molecule has 0 fully saturated rings. The number of nitrogen functional groups attached to an aromatic ring is 1. The van der Waals surface area contributed by atoms with Crippen molar-refractivity contribution in [3.63, 3.8) is 0 Å². The molecule has 2 aromatic carbocycles. The van der Waals surface area contributed by atoms with Gasteiger partial charge in [-0.2, -0.15) is 18.4 Å². The number of aromatic nitrogens is 4. The number of hydrogen-bond donors (Lipinski definition) is 4. The number of rotatable bonds is 6. The van der Waals surface area contributed by atoms with Gasteiger partial charge in [0.1, 0.15) is 42.0 Å². The van der Waals surface area contributed by atoms with Crippen LogP contribution in [0.1, 0.15) is 24.4 Å². The van der Waals surface area contributed by atoms with E-state index in [9.17, 15) is 28.0 Å². The Morgan fingerprint density at radius 1 is 1.23 bits per heavy atom. The fourth-order valence-electron chi connectivity index (χ4n) is 3.71. The summed E-state index contributed by atoms with van der Waals surface area (Å²) in [4.78, 5) is 38.2. The topological polar surface area (TPSA) is 164 Å². The summed E-state index contributed by atoms with van der Waals surface area (Å²) in [6.07, 6.45) is -3.41. The predicted octanol–water partition coefficient (Wildman–Crippen LogP) is 4.14. The summed E-state index contributed by atoms with van der Waals surface area (Å²) in [6, 6.07) is 10.7. The van der Waals surface area contributed by atoms with E-state index < -0.39 is 30.4 Å². The Morgan fingerprint density at radius 3 is 2.69 bits per heavy atom. The molecule has 2 heterocycles. The number of fused-ring (bicyclic) bond motifs is 1. The Labute approximate surface area is 223 Å². The highest BCUT2D eigenvalue weighted by Gasteiger charge is 2.28. The average molecular weight is 558 g/mol. The van der Waals surface area contributed by atoms with Crippen molar-refractivity contribution in [3.05, 3.63) is 75.6 Å². The van der Waals surface area contributed by atoms with Gasteiger partial charge in [-0.05, 0) is 37.3 Å². The number of amides is 2. The molecule has 1 unspecified atom stereocenters. The van der Waals surface area contributed by atoms with Gasteiger partial charge in [0, 0.05) is 5.69 Å². The first-order chi connectivity index (χ1) is 18.5. The minimum atomic E-state index is -4.58. The zero-order valence-corrected chi connectivity index (χ0v) is 20.8. The lowest BCUT2D eigenvalue weighted by Crippen LogP contribution is -2.36. The standard InChI is InChI=1S/C24H19ClF3N9O2/c1-12(34-20-15(9-29)19(30)32-11-33-20)21-36-17-7-3-6-16(25)18(17)22(38)37(21)14-5-2-4-13(8-14)35-23(39)31-10-24(26,27)28/h2-8,11-12H,10H2,1H3,(H2,31,35,39)(H3,30,32,33,34). The van der Waals surface area contributed by atoms with Crippen molar-refractivity contribution in [2.75, 3.05) is 22.9 Å². The molecule has 0 aliphatic rings. The highest BCUT2D eigenvalue weighted by Crippen LogP contribution is 2.27. The summed E-state index contributed by atoms with van der Waals surface area (Å²) in [5, 5.41) is 16.8. The number of nitrogens with zero attached hydrogens (tertiary/aromatic N) is 5. The fraction of sp³-hybridized carbons (Fsp3) is 0.167. The summed E-state index contributed by atoms with van der Waals surface area (Å²) < 4.78 is 38.6. The predicted molar refractivity (Wildman–Crippen MR) is 139 cm³/mol. The van der Waals surface area contributed by atoms with E-state index in [0.29, 0.717) is 5.52 Å². The second-order valence-corrected chi connectivity index (χ2v) is 8.59. The van der Waals surface area contributed by atoms with Gasteiger partial charge in [-0.3, -0.25) is 9.36 Å². The number of hydrogen-bond acceptors (Lipinski definition) is 8. The second kappa shape index (κ2) is 10.8. The van der Waals surface area contributed by atoms with Crippen molar-refractivity contribution in [1.29, 1.82) is 5.26 Å². The van der Waals surface area contributed by atoms with Crippen LogP contribution in [0.15, 0.2) is 53.6 Å². The molecular weight excluding hydrogens is 539 g/mol. The number of carbonyl (C=O) groups is 1. The van der Waals surface area contributed by atoms with Gasteiger partial charge in [0.2, 0.25) is 0 Å². The largest absolute Gasteiger partial charge is 0.405 e. The Bertz CT molecular complexity index is 1670. The van der Waals surface area contributed by atoms with Crippen LogP contribution in [0.5, 0.6) is 0 Å². The van der Waals surface area contributed by atoms with E-state index in [2.05, 4.69) is 25.6 Å². The minimum absolute atomic E-state index is 0.00172. The van der Waals surface area contributed by atoms with E-state index >= 15 is 0 Å². The van der Waals surface area contributed by atoms with Gasteiger partial charge in [-0.1, -0.05) is 23.7 Å². The number of benzene rings is 2. The van der Waals surface area contributed by atoms with E-state index in [1.807, 2.05) is 6.07 Å². The maximum atomic E-state index is 13.7. The number of nitrogens with two attached hydrogens (primary N) is 1. The number of anilines is 3. The van der Waals surface area contributed by atoms with Crippen LogP contribution < -0.4 is 27.2 Å². The molecule has 4 rings (SSSR count). The normalized spacial score (nSPS) is 12.0. The average Bonchev–Trinajstić information content (AvgIpc) is 2.87. The molecule has 0 radical (unpaired) electrons. The van der Waals surface area contributed by atoms with Gasteiger partial charge in [0.25, 0.3) is 5.56 Å². The molecule has 0 aliphatic heterocycles. The first-order valence-electron chi connectivity index (χ1n) is 11.2. The van der Waals surface area contributed by atoms with Crippen molar-refractivity contribution < 1.29 is 18.0 Å². The molecule has 39 heavy (non-hydrogen) atoms. The Kier molecular flexibility index (Phi) is 7.54. The molecule has 200 valence electrons. The SMILES string of the molecule is CC(Nc1ncnc(N)c1C#N)c1nc2cccc(Cl)c2c(=O)n1-c1cccc(NC(=O)NCC(F)(F)F)c1. The van der Waals surface area contributed by atoms with Crippen LogP contribution in [-0.4, -0.2) is 38.3 Å². The first kappa shape index (κ1) is 27.1. The van der Waals surface area contributed by atoms with Gasteiger partial charge in [0.05, 0.1) is 27.7 Å². The van der Waals surface area contributed by atoms with Crippen LogP contribution in [0.4, 0.5) is 35.3 Å². The molecule has 0 saturated carbocycles. The summed E-state index contributed by atoms with van der Waals surface area (Å²) in [7, 11) is 0. The molecule has 15 heteroatoms. The zero-order chi connectivity index (χ0) is 28.3. The van der Waals surface area contributed by atoms with Crippen LogP contribution in [0, 0.1) is 11.3 Å². The number of halogens is 4. The van der Waals surface area contributed by atoms with Crippen molar-refractivity contribution >= 4 is 45.9 Å². The minimum Gasteiger partial charge on any atom is -0.382 e. The maximum Gasteiger partial charge on any atom is 0.405 e. The van der Waals surface area contributed by atoms with Crippen LogP contribution in [0.25, 0.3) is 16.6 Å². The summed E-state index contributed by atoms with van der Waals surface area (Å²) in [5.41, 5.74) is 5.88. The molecule has 0 aliphatic carbocycles. The van der Waals surface area contributed by atoms with E-state index in [1.54, 1.807) is 30.4 Å². The van der Waals surface area contributed by atoms with Gasteiger partial charge >= 0.3 is 12.2 Å². The maximum absolute atomic E-state index is 13.7. The molecule has 11 nitrogen and oxygen atoms in total. The van der Waals surface area contributed by atoms with E-state index in [1.165, 1.54) is 35.2 Å². The van der Waals surface area contributed by atoms with E-state index in [0.717, 1.165) is 0 Å². The molecule has 2 amide bonds. The third-order valence-electron chi connectivity index (χ3n) is 5.41. The van der Waals surface area contributed by atoms with Crippen molar-refractivity contribution in [2.24, 2.45) is 0 Å². The molecule has 2 aromatic heterocycles. The van der Waals surface area contributed by atoms with Gasteiger partial charge < -0.3 is 21.7 Å². The Morgan fingerprint density at radius 2 is 1.97 bits per heavy atom. The summed E-state index contributed by atoms with van der Waals surface area (Å²) >= 11 is 6.32. The number of nitriles is 1. The highest BCUT2D eigenvalue weighted by molar-refractivity contribution is 6.35. The summed E-state index contributed by atoms with van der Waals surface area (Å²) in [6.45, 7) is 0.150. The third kappa shape index (κ3) is 5.99. The number of carbonyl (C=O) groups excluding carboxylic acids is 1. The van der Waals surface area contributed by atoms with Crippen LogP contribution in [-0.2, 0) is 0 Å². The molecule has 1 atom stereocenters. The number of nitrogens with one attached hydrogen (secondary N) is 3. The van der Waals surface area contributed by atoms with Crippen LogP contribution >= 0.6 is 11.6 Å². The molecule has 0 saturated heterocycles. The number of urea groups is 1. The van der Waals surface area contributed by atoms with E-state index in [-0.39, 0.29) is 44.8 Å². The smallest absolute Gasteiger partial charge is 0.382 e. The lowest BCUT2D eigenvalue weighted by atomic mass is 10.2. The monoisotopic (exact) mass is 557 g/mol. The van der Waals surface area contributed by atoms with Crippen LogP contribution in [0.2, 0.25) is 5.02 Å².